The van der Waals surface area contributed by atoms with Crippen LogP contribution in [0.25, 0.3) is 0 Å². The standard InChI is InChI=1S/C31H34ClN3O6S/c1-22(31(37)33-25-10-5-6-11-25)34(20-23-8-7-9-24(32)18-23)30(36)21-35(42(38,39)27-12-3-2-4-13-27)26-14-15-28-29(19-26)41-17-16-40-28/h2-4,7-9,12-15,18-19,22,25H,5-6,10-11,16-17,20-21H2,1H3,(H,33,37)/t22-/m0/s1. The fraction of sp³-hybridized carbons (Fsp3) is 0.355. The average Bonchev–Trinajstić information content (AvgIpc) is 3.51. The number of sulfonamides is 1. The fourth-order valence-electron chi connectivity index (χ4n) is 5.24. The van der Waals surface area contributed by atoms with E-state index in [1.807, 2.05) is 6.07 Å². The van der Waals surface area contributed by atoms with Crippen molar-refractivity contribution in [2.75, 3.05) is 24.1 Å². The Morgan fingerprint density at radius 2 is 1.67 bits per heavy atom. The number of fused-ring (bicyclic) bond motifs is 1. The molecule has 1 saturated carbocycles. The molecule has 0 bridgehead atoms. The smallest absolute Gasteiger partial charge is 0.264 e. The maximum Gasteiger partial charge on any atom is 0.264 e. The Morgan fingerprint density at radius 1 is 0.952 bits per heavy atom. The van der Waals surface area contributed by atoms with Gasteiger partial charge in [-0.05, 0) is 61.7 Å². The average molecular weight is 612 g/mol. The minimum absolute atomic E-state index is 0.0288. The predicted molar refractivity (Wildman–Crippen MR) is 160 cm³/mol. The molecule has 222 valence electrons. The molecule has 11 heteroatoms. The third-order valence-corrected chi connectivity index (χ3v) is 9.56. The van der Waals surface area contributed by atoms with Gasteiger partial charge in [-0.3, -0.25) is 13.9 Å². The summed E-state index contributed by atoms with van der Waals surface area (Å²) in [5.41, 5.74) is 0.954. The van der Waals surface area contributed by atoms with Crippen LogP contribution in [-0.4, -0.2) is 57.0 Å². The summed E-state index contributed by atoms with van der Waals surface area (Å²) in [5, 5.41) is 3.56. The molecule has 0 saturated heterocycles. The quantitative estimate of drug-likeness (QED) is 0.354. The molecule has 0 aromatic heterocycles. The topological polar surface area (TPSA) is 105 Å². The highest BCUT2D eigenvalue weighted by Crippen LogP contribution is 2.36. The van der Waals surface area contributed by atoms with Gasteiger partial charge < -0.3 is 19.7 Å². The first-order valence-corrected chi connectivity index (χ1v) is 15.9. The van der Waals surface area contributed by atoms with Gasteiger partial charge in [0, 0.05) is 23.7 Å². The number of amides is 2. The van der Waals surface area contributed by atoms with E-state index in [1.54, 1.807) is 61.5 Å². The van der Waals surface area contributed by atoms with Gasteiger partial charge in [0.1, 0.15) is 25.8 Å². The van der Waals surface area contributed by atoms with E-state index in [1.165, 1.54) is 17.0 Å². The monoisotopic (exact) mass is 611 g/mol. The Labute approximate surface area is 251 Å². The number of nitrogens with zero attached hydrogens (tertiary/aromatic N) is 2. The van der Waals surface area contributed by atoms with Gasteiger partial charge >= 0.3 is 0 Å². The lowest BCUT2D eigenvalue weighted by Gasteiger charge is -2.32. The van der Waals surface area contributed by atoms with Crippen LogP contribution in [0, 0.1) is 0 Å². The summed E-state index contributed by atoms with van der Waals surface area (Å²) in [4.78, 5) is 28.9. The minimum atomic E-state index is -4.19. The lowest BCUT2D eigenvalue weighted by Crippen LogP contribution is -2.52. The Morgan fingerprint density at radius 3 is 2.38 bits per heavy atom. The van der Waals surface area contributed by atoms with Crippen LogP contribution in [0.4, 0.5) is 5.69 Å². The zero-order chi connectivity index (χ0) is 29.7. The molecule has 0 spiro atoms. The second-order valence-corrected chi connectivity index (χ2v) is 12.8. The maximum atomic E-state index is 14.1. The highest BCUT2D eigenvalue weighted by Gasteiger charge is 2.34. The molecule has 5 rings (SSSR count). The van der Waals surface area contributed by atoms with Crippen molar-refractivity contribution >= 4 is 39.1 Å². The van der Waals surface area contributed by atoms with Crippen molar-refractivity contribution in [2.45, 2.75) is 56.1 Å². The summed E-state index contributed by atoms with van der Waals surface area (Å²) in [6.45, 7) is 1.89. The van der Waals surface area contributed by atoms with E-state index in [9.17, 15) is 18.0 Å². The van der Waals surface area contributed by atoms with E-state index in [2.05, 4.69) is 5.32 Å². The lowest BCUT2D eigenvalue weighted by atomic mass is 10.1. The number of hydrogen-bond donors (Lipinski definition) is 1. The summed E-state index contributed by atoms with van der Waals surface area (Å²) in [6.07, 6.45) is 3.89. The van der Waals surface area contributed by atoms with Crippen LogP contribution in [0.5, 0.6) is 11.5 Å². The van der Waals surface area contributed by atoms with Gasteiger partial charge in [-0.2, -0.15) is 0 Å². The van der Waals surface area contributed by atoms with Gasteiger partial charge in [-0.1, -0.05) is 54.8 Å². The van der Waals surface area contributed by atoms with E-state index in [0.717, 1.165) is 30.0 Å². The van der Waals surface area contributed by atoms with Gasteiger partial charge in [-0.15, -0.1) is 0 Å². The third-order valence-electron chi connectivity index (χ3n) is 7.53. The Balaban J connectivity index is 1.49. The van der Waals surface area contributed by atoms with E-state index >= 15 is 0 Å². The number of benzene rings is 3. The predicted octanol–water partition coefficient (Wildman–Crippen LogP) is 4.78. The largest absolute Gasteiger partial charge is 0.486 e. The van der Waals surface area contributed by atoms with Crippen molar-refractivity contribution in [3.63, 3.8) is 0 Å². The molecule has 42 heavy (non-hydrogen) atoms. The number of rotatable bonds is 10. The van der Waals surface area contributed by atoms with Crippen LogP contribution in [0.15, 0.2) is 77.7 Å². The SMILES string of the molecule is C[C@@H](C(=O)NC1CCCC1)N(Cc1cccc(Cl)c1)C(=O)CN(c1ccc2c(c1)OCCO2)S(=O)(=O)c1ccccc1. The van der Waals surface area contributed by atoms with E-state index in [-0.39, 0.29) is 29.1 Å². The van der Waals surface area contributed by atoms with Crippen molar-refractivity contribution in [1.29, 1.82) is 0 Å². The zero-order valence-electron chi connectivity index (χ0n) is 23.4. The number of anilines is 1. The molecule has 1 aliphatic carbocycles. The Kier molecular flexibility index (Phi) is 9.23. The first kappa shape index (κ1) is 29.7. The molecule has 2 amide bonds. The van der Waals surface area contributed by atoms with Crippen molar-refractivity contribution in [1.82, 2.24) is 10.2 Å². The molecule has 0 unspecified atom stereocenters. The number of carbonyl (C=O) groups excluding carboxylic acids is 2. The Bertz CT molecular complexity index is 1530. The molecule has 1 fully saturated rings. The highest BCUT2D eigenvalue weighted by molar-refractivity contribution is 7.92. The summed E-state index contributed by atoms with van der Waals surface area (Å²) in [7, 11) is -4.19. The van der Waals surface area contributed by atoms with Gasteiger partial charge in [-0.25, -0.2) is 8.42 Å². The highest BCUT2D eigenvalue weighted by atomic mass is 35.5. The summed E-state index contributed by atoms with van der Waals surface area (Å²) in [6, 6.07) is 18.9. The number of ether oxygens (including phenoxy) is 2. The van der Waals surface area contributed by atoms with Crippen LogP contribution < -0.4 is 19.1 Å². The fourth-order valence-corrected chi connectivity index (χ4v) is 6.88. The van der Waals surface area contributed by atoms with Crippen molar-refractivity contribution in [3.05, 3.63) is 83.4 Å². The van der Waals surface area contributed by atoms with Crippen molar-refractivity contribution in [2.24, 2.45) is 0 Å². The summed E-state index contributed by atoms with van der Waals surface area (Å²) < 4.78 is 40.3. The number of carbonyl (C=O) groups is 2. The van der Waals surface area contributed by atoms with E-state index in [4.69, 9.17) is 21.1 Å². The van der Waals surface area contributed by atoms with Crippen molar-refractivity contribution in [3.8, 4) is 11.5 Å². The van der Waals surface area contributed by atoms with Crippen LogP contribution in [0.1, 0.15) is 38.2 Å². The third kappa shape index (κ3) is 6.82. The molecule has 1 N–H and O–H groups in total. The molecular formula is C31H34ClN3O6S. The van der Waals surface area contributed by atoms with E-state index in [0.29, 0.717) is 35.3 Å². The van der Waals surface area contributed by atoms with Crippen LogP contribution >= 0.6 is 11.6 Å². The van der Waals surface area contributed by atoms with Crippen LogP contribution in [-0.2, 0) is 26.2 Å². The van der Waals surface area contributed by atoms with Crippen LogP contribution in [0.2, 0.25) is 5.02 Å². The normalized spacial score (nSPS) is 15.6. The molecule has 3 aromatic carbocycles. The first-order chi connectivity index (χ1) is 20.2. The molecule has 1 heterocycles. The molecule has 1 atom stereocenters. The molecular weight excluding hydrogens is 578 g/mol. The van der Waals surface area contributed by atoms with E-state index < -0.39 is 28.5 Å². The second kappa shape index (κ2) is 13.0. The second-order valence-electron chi connectivity index (χ2n) is 10.5. The van der Waals surface area contributed by atoms with Crippen molar-refractivity contribution < 1.29 is 27.5 Å². The van der Waals surface area contributed by atoms with Gasteiger partial charge in [0.05, 0.1) is 10.6 Å². The molecule has 0 radical (unpaired) electrons. The first-order valence-electron chi connectivity index (χ1n) is 14.0. The number of nitrogens with one attached hydrogen (secondary N) is 1. The maximum absolute atomic E-state index is 14.1. The molecule has 1 aliphatic heterocycles. The zero-order valence-corrected chi connectivity index (χ0v) is 24.9. The van der Waals surface area contributed by atoms with Crippen LogP contribution in [0.3, 0.4) is 0 Å². The molecule has 2 aliphatic rings. The summed E-state index contributed by atoms with van der Waals surface area (Å²) in [5.74, 6) is 0.0558. The summed E-state index contributed by atoms with van der Waals surface area (Å²) >= 11 is 6.22. The van der Waals surface area contributed by atoms with Gasteiger partial charge in [0.25, 0.3) is 10.0 Å². The Hall–Kier alpha value is -3.76. The number of halogens is 1. The lowest BCUT2D eigenvalue weighted by molar-refractivity contribution is -0.139. The molecule has 9 nitrogen and oxygen atoms in total. The number of hydrogen-bond acceptors (Lipinski definition) is 6. The molecule has 3 aromatic rings. The van der Waals surface area contributed by atoms with Gasteiger partial charge in [0.15, 0.2) is 11.5 Å². The minimum Gasteiger partial charge on any atom is -0.486 e. The van der Waals surface area contributed by atoms with Gasteiger partial charge in [0.2, 0.25) is 11.8 Å².